The predicted octanol–water partition coefficient (Wildman–Crippen LogP) is 6.06. The summed E-state index contributed by atoms with van der Waals surface area (Å²) in [5.74, 6) is 0.832. The highest BCUT2D eigenvalue weighted by atomic mass is 127. The summed E-state index contributed by atoms with van der Waals surface area (Å²) in [4.78, 5) is 17.9. The molecule has 0 radical (unpaired) electrons. The van der Waals surface area contributed by atoms with Gasteiger partial charge in [-0.15, -0.1) is 0 Å². The number of halogens is 2. The van der Waals surface area contributed by atoms with Gasteiger partial charge in [-0.3, -0.25) is 4.79 Å². The zero-order chi connectivity index (χ0) is 20.7. The average molecular weight is 570 g/mol. The van der Waals surface area contributed by atoms with Gasteiger partial charge in [0.25, 0.3) is 5.56 Å². The van der Waals surface area contributed by atoms with E-state index in [4.69, 9.17) is 9.40 Å². The standard InChI is InChI=1S/C23H13BrIN3O2/c24-16-7-10-20-15(11-16)12-21(30-20)22-27-19-4-2-1-3-18(19)23(29)28(22)26-13-14-5-8-17(25)9-6-14/h1-13H. The third-order valence-electron chi connectivity index (χ3n) is 4.64. The van der Waals surface area contributed by atoms with Crippen LogP contribution in [0.3, 0.4) is 0 Å². The van der Waals surface area contributed by atoms with E-state index in [9.17, 15) is 4.79 Å². The normalized spacial score (nSPS) is 11.7. The van der Waals surface area contributed by atoms with Gasteiger partial charge in [0.2, 0.25) is 5.82 Å². The molecule has 0 aliphatic rings. The molecule has 0 fully saturated rings. The first-order valence-corrected chi connectivity index (χ1v) is 11.0. The summed E-state index contributed by atoms with van der Waals surface area (Å²) in [5.41, 5.74) is 1.94. The summed E-state index contributed by atoms with van der Waals surface area (Å²) in [6.07, 6.45) is 1.65. The summed E-state index contributed by atoms with van der Waals surface area (Å²) in [7, 11) is 0. The number of benzene rings is 3. The van der Waals surface area contributed by atoms with Crippen molar-refractivity contribution in [1.82, 2.24) is 9.66 Å². The van der Waals surface area contributed by atoms with Crippen LogP contribution in [0.4, 0.5) is 0 Å². The molecule has 5 aromatic rings. The molecule has 146 valence electrons. The summed E-state index contributed by atoms with van der Waals surface area (Å²) >= 11 is 5.72. The van der Waals surface area contributed by atoms with Crippen LogP contribution >= 0.6 is 38.5 Å². The van der Waals surface area contributed by atoms with E-state index in [1.54, 1.807) is 12.3 Å². The Hall–Kier alpha value is -2.78. The van der Waals surface area contributed by atoms with Gasteiger partial charge in [-0.25, -0.2) is 4.98 Å². The van der Waals surface area contributed by atoms with E-state index in [0.717, 1.165) is 19.0 Å². The van der Waals surface area contributed by atoms with Crippen LogP contribution in [0.5, 0.6) is 0 Å². The number of rotatable bonds is 3. The van der Waals surface area contributed by atoms with Crippen molar-refractivity contribution in [3.8, 4) is 11.6 Å². The van der Waals surface area contributed by atoms with Crippen molar-refractivity contribution in [3.05, 3.63) is 96.8 Å². The molecule has 0 saturated heterocycles. The lowest BCUT2D eigenvalue weighted by Gasteiger charge is -2.07. The number of hydrogen-bond acceptors (Lipinski definition) is 4. The quantitative estimate of drug-likeness (QED) is 0.196. The highest BCUT2D eigenvalue weighted by Gasteiger charge is 2.16. The van der Waals surface area contributed by atoms with Crippen molar-refractivity contribution in [1.29, 1.82) is 0 Å². The summed E-state index contributed by atoms with van der Waals surface area (Å²) in [6.45, 7) is 0. The Kier molecular flexibility index (Phi) is 5.00. The fourth-order valence-corrected chi connectivity index (χ4v) is 3.93. The first-order chi connectivity index (χ1) is 14.6. The van der Waals surface area contributed by atoms with Gasteiger partial charge in [0.1, 0.15) is 5.58 Å². The Morgan fingerprint density at radius 1 is 1.03 bits per heavy atom. The Morgan fingerprint density at radius 2 is 1.83 bits per heavy atom. The van der Waals surface area contributed by atoms with Crippen molar-refractivity contribution in [2.24, 2.45) is 5.10 Å². The lowest BCUT2D eigenvalue weighted by atomic mass is 10.2. The minimum absolute atomic E-state index is 0.251. The van der Waals surface area contributed by atoms with Crippen LogP contribution in [0.2, 0.25) is 0 Å². The van der Waals surface area contributed by atoms with Gasteiger partial charge in [0.15, 0.2) is 5.76 Å². The Morgan fingerprint density at radius 3 is 2.67 bits per heavy atom. The number of hydrogen-bond donors (Lipinski definition) is 0. The molecule has 0 amide bonds. The molecule has 3 aromatic carbocycles. The first kappa shape index (κ1) is 19.2. The van der Waals surface area contributed by atoms with E-state index in [1.165, 1.54) is 4.68 Å². The van der Waals surface area contributed by atoms with E-state index >= 15 is 0 Å². The van der Waals surface area contributed by atoms with E-state index < -0.39 is 0 Å². The SMILES string of the molecule is O=c1c2ccccc2nc(-c2cc3cc(Br)ccc3o2)n1N=Cc1ccc(I)cc1. The highest BCUT2D eigenvalue weighted by Crippen LogP contribution is 2.29. The Labute approximate surface area is 193 Å². The zero-order valence-electron chi connectivity index (χ0n) is 15.4. The molecule has 0 aliphatic carbocycles. The second-order valence-electron chi connectivity index (χ2n) is 6.66. The topological polar surface area (TPSA) is 60.4 Å². The lowest BCUT2D eigenvalue weighted by Crippen LogP contribution is -2.20. The van der Waals surface area contributed by atoms with Gasteiger partial charge in [-0.1, -0.05) is 40.2 Å². The van der Waals surface area contributed by atoms with Crippen LogP contribution in [0.25, 0.3) is 33.5 Å². The lowest BCUT2D eigenvalue weighted by molar-refractivity contribution is 0.616. The summed E-state index contributed by atoms with van der Waals surface area (Å²) < 4.78 is 9.38. The summed E-state index contributed by atoms with van der Waals surface area (Å²) in [5, 5.41) is 5.88. The number of aromatic nitrogens is 2. The maximum Gasteiger partial charge on any atom is 0.282 e. The second-order valence-corrected chi connectivity index (χ2v) is 8.82. The van der Waals surface area contributed by atoms with E-state index in [2.05, 4.69) is 43.6 Å². The third-order valence-corrected chi connectivity index (χ3v) is 5.86. The molecular formula is C23H13BrIN3O2. The number of fused-ring (bicyclic) bond motifs is 2. The van der Waals surface area contributed by atoms with E-state index in [-0.39, 0.29) is 5.56 Å². The zero-order valence-corrected chi connectivity index (χ0v) is 19.2. The molecule has 0 unspecified atom stereocenters. The van der Waals surface area contributed by atoms with Crippen LogP contribution < -0.4 is 5.56 Å². The van der Waals surface area contributed by atoms with Crippen LogP contribution in [-0.4, -0.2) is 15.9 Å². The number of nitrogens with zero attached hydrogens (tertiary/aromatic N) is 3. The highest BCUT2D eigenvalue weighted by molar-refractivity contribution is 14.1. The molecule has 30 heavy (non-hydrogen) atoms. The van der Waals surface area contributed by atoms with Crippen LogP contribution in [-0.2, 0) is 0 Å². The van der Waals surface area contributed by atoms with Gasteiger partial charge in [-0.05, 0) is 76.7 Å². The molecule has 2 aromatic heterocycles. The van der Waals surface area contributed by atoms with Gasteiger partial charge in [0.05, 0.1) is 17.1 Å². The largest absolute Gasteiger partial charge is 0.453 e. The fourth-order valence-electron chi connectivity index (χ4n) is 3.19. The van der Waals surface area contributed by atoms with Gasteiger partial charge >= 0.3 is 0 Å². The number of furan rings is 1. The second kappa shape index (κ2) is 7.81. The van der Waals surface area contributed by atoms with Gasteiger partial charge in [-0.2, -0.15) is 9.78 Å². The number of para-hydroxylation sites is 1. The third kappa shape index (κ3) is 3.59. The molecule has 0 saturated carbocycles. The molecule has 0 N–H and O–H groups in total. The van der Waals surface area contributed by atoms with Gasteiger partial charge < -0.3 is 4.42 Å². The van der Waals surface area contributed by atoms with E-state index in [1.807, 2.05) is 66.7 Å². The molecule has 2 heterocycles. The van der Waals surface area contributed by atoms with Crippen LogP contribution in [0.1, 0.15) is 5.56 Å². The monoisotopic (exact) mass is 569 g/mol. The molecule has 5 nitrogen and oxygen atoms in total. The molecule has 0 atom stereocenters. The fraction of sp³-hybridized carbons (Fsp3) is 0. The maximum atomic E-state index is 13.2. The van der Waals surface area contributed by atoms with Crippen molar-refractivity contribution in [2.45, 2.75) is 0 Å². The first-order valence-electron chi connectivity index (χ1n) is 9.10. The van der Waals surface area contributed by atoms with Crippen molar-refractivity contribution >= 4 is 66.6 Å². The molecule has 5 rings (SSSR count). The molecule has 7 heteroatoms. The van der Waals surface area contributed by atoms with Crippen LogP contribution in [0.15, 0.2) is 91.6 Å². The van der Waals surface area contributed by atoms with Crippen molar-refractivity contribution < 1.29 is 4.42 Å². The maximum absolute atomic E-state index is 13.2. The minimum Gasteiger partial charge on any atom is -0.453 e. The molecular weight excluding hydrogens is 557 g/mol. The van der Waals surface area contributed by atoms with Gasteiger partial charge in [0, 0.05) is 13.4 Å². The van der Waals surface area contributed by atoms with Crippen molar-refractivity contribution in [2.75, 3.05) is 0 Å². The smallest absolute Gasteiger partial charge is 0.282 e. The average Bonchev–Trinajstić information content (AvgIpc) is 3.17. The summed E-state index contributed by atoms with van der Waals surface area (Å²) in [6, 6.07) is 22.7. The van der Waals surface area contributed by atoms with Crippen LogP contribution in [0, 0.1) is 3.57 Å². The molecule has 0 spiro atoms. The Balaban J connectivity index is 1.73. The molecule has 0 aliphatic heterocycles. The minimum atomic E-state index is -0.251. The van der Waals surface area contributed by atoms with E-state index in [0.29, 0.717) is 28.1 Å². The predicted molar refractivity (Wildman–Crippen MR) is 131 cm³/mol. The Bertz CT molecular complexity index is 1490. The van der Waals surface area contributed by atoms with Crippen molar-refractivity contribution in [3.63, 3.8) is 0 Å². The molecule has 0 bridgehead atoms.